The molecule has 0 saturated heterocycles. The van der Waals surface area contributed by atoms with Crippen LogP contribution in [0.15, 0.2) is 42.5 Å². The number of methoxy groups -OCH3 is 1. The summed E-state index contributed by atoms with van der Waals surface area (Å²) in [4.78, 5) is 12.5. The van der Waals surface area contributed by atoms with Crippen LogP contribution >= 0.6 is 0 Å². The van der Waals surface area contributed by atoms with E-state index in [9.17, 15) is 13.2 Å². The van der Waals surface area contributed by atoms with Gasteiger partial charge in [0.1, 0.15) is 5.75 Å². The quantitative estimate of drug-likeness (QED) is 0.806. The van der Waals surface area contributed by atoms with Gasteiger partial charge in [-0.05, 0) is 31.0 Å². The highest BCUT2D eigenvalue weighted by Gasteiger charge is 2.22. The summed E-state index contributed by atoms with van der Waals surface area (Å²) in [6, 6.07) is 12.8. The van der Waals surface area contributed by atoms with Gasteiger partial charge in [-0.15, -0.1) is 0 Å². The maximum Gasteiger partial charge on any atom is 0.239 e. The third kappa shape index (κ3) is 5.06. The minimum Gasteiger partial charge on any atom is -0.496 e. The molecule has 0 spiro atoms. The number of nitrogens with one attached hydrogen (secondary N) is 1. The molecule has 0 atom stereocenters. The van der Waals surface area contributed by atoms with Gasteiger partial charge in [0.2, 0.25) is 15.9 Å². The summed E-state index contributed by atoms with van der Waals surface area (Å²) in [7, 11) is -2.05. The van der Waals surface area contributed by atoms with E-state index in [0.717, 1.165) is 21.7 Å². The van der Waals surface area contributed by atoms with Gasteiger partial charge in [0, 0.05) is 17.8 Å². The van der Waals surface area contributed by atoms with Crippen LogP contribution in [0.4, 0.5) is 5.69 Å². The number of anilines is 1. The van der Waals surface area contributed by atoms with Crippen LogP contribution in [0.2, 0.25) is 0 Å². The van der Waals surface area contributed by atoms with Crippen LogP contribution in [0.1, 0.15) is 16.7 Å². The molecule has 0 aliphatic carbocycles. The number of amides is 1. The normalized spacial score (nSPS) is 11.4. The minimum atomic E-state index is -3.58. The van der Waals surface area contributed by atoms with Crippen LogP contribution in [0.5, 0.6) is 5.75 Å². The van der Waals surface area contributed by atoms with E-state index in [0.29, 0.717) is 17.0 Å². The molecule has 26 heavy (non-hydrogen) atoms. The Labute approximate surface area is 154 Å². The van der Waals surface area contributed by atoms with Crippen LogP contribution in [-0.4, -0.2) is 38.5 Å². The SMILES string of the molecule is COc1ccccc1CN(CC(=O)Nc1c(C)cccc1C)S(C)(=O)=O. The van der Waals surface area contributed by atoms with E-state index >= 15 is 0 Å². The highest BCUT2D eigenvalue weighted by molar-refractivity contribution is 7.88. The second-order valence-electron chi connectivity index (χ2n) is 6.16. The zero-order valence-corrected chi connectivity index (χ0v) is 16.3. The molecule has 6 nitrogen and oxygen atoms in total. The van der Waals surface area contributed by atoms with Gasteiger partial charge in [0.05, 0.1) is 19.9 Å². The van der Waals surface area contributed by atoms with Gasteiger partial charge in [-0.3, -0.25) is 4.79 Å². The summed E-state index contributed by atoms with van der Waals surface area (Å²) in [5.74, 6) is 0.194. The van der Waals surface area contributed by atoms with Gasteiger partial charge in [-0.25, -0.2) is 8.42 Å². The second-order valence-corrected chi connectivity index (χ2v) is 8.14. The van der Waals surface area contributed by atoms with Gasteiger partial charge >= 0.3 is 0 Å². The number of hydrogen-bond acceptors (Lipinski definition) is 4. The predicted octanol–water partition coefficient (Wildman–Crippen LogP) is 2.71. The highest BCUT2D eigenvalue weighted by Crippen LogP contribution is 2.22. The summed E-state index contributed by atoms with van der Waals surface area (Å²) >= 11 is 0. The number of ether oxygens (including phenoxy) is 1. The molecule has 0 aromatic heterocycles. The van der Waals surface area contributed by atoms with Crippen LogP contribution in [-0.2, 0) is 21.4 Å². The first kappa shape index (κ1) is 19.9. The molecule has 0 aliphatic heterocycles. The largest absolute Gasteiger partial charge is 0.496 e. The van der Waals surface area contributed by atoms with Crippen LogP contribution in [0.25, 0.3) is 0 Å². The average Bonchev–Trinajstić information content (AvgIpc) is 2.57. The lowest BCUT2D eigenvalue weighted by Crippen LogP contribution is -2.37. The number of carbonyl (C=O) groups excluding carboxylic acids is 1. The van der Waals surface area contributed by atoms with Gasteiger partial charge < -0.3 is 10.1 Å². The highest BCUT2D eigenvalue weighted by atomic mass is 32.2. The molecule has 2 aromatic carbocycles. The molecular formula is C19H24N2O4S. The van der Waals surface area contributed by atoms with Gasteiger partial charge in [-0.1, -0.05) is 36.4 Å². The third-order valence-corrected chi connectivity index (χ3v) is 5.27. The second kappa shape index (κ2) is 8.33. The Kier molecular flexibility index (Phi) is 6.39. The number of carbonyl (C=O) groups is 1. The van der Waals surface area contributed by atoms with E-state index in [1.165, 1.54) is 7.11 Å². The number of para-hydroxylation sites is 2. The molecular weight excluding hydrogens is 352 g/mol. The lowest BCUT2D eigenvalue weighted by molar-refractivity contribution is -0.116. The maximum atomic E-state index is 12.5. The Balaban J connectivity index is 2.19. The van der Waals surface area contributed by atoms with Crippen molar-refractivity contribution in [2.24, 2.45) is 0 Å². The molecule has 0 saturated carbocycles. The topological polar surface area (TPSA) is 75.7 Å². The average molecular weight is 376 g/mol. The molecule has 0 unspecified atom stereocenters. The number of aryl methyl sites for hydroxylation is 2. The van der Waals surface area contributed by atoms with Gasteiger partial charge in [-0.2, -0.15) is 4.31 Å². The Morgan fingerprint density at radius 2 is 1.69 bits per heavy atom. The Hall–Kier alpha value is -2.38. The summed E-state index contributed by atoms with van der Waals surface area (Å²) in [5, 5.41) is 2.82. The standard InChI is InChI=1S/C19H24N2O4S/c1-14-8-7-9-15(2)19(14)20-18(22)13-21(26(4,23)24)12-16-10-5-6-11-17(16)25-3/h5-11H,12-13H2,1-4H3,(H,20,22). The summed E-state index contributed by atoms with van der Waals surface area (Å²) < 4.78 is 30.7. The molecule has 0 bridgehead atoms. The van der Waals surface area contributed by atoms with Crippen molar-refractivity contribution in [2.75, 3.05) is 25.2 Å². The van der Waals surface area contributed by atoms with Crippen LogP contribution in [0.3, 0.4) is 0 Å². The first-order valence-corrected chi connectivity index (χ1v) is 10.00. The molecule has 2 aromatic rings. The van der Waals surface area contributed by atoms with E-state index < -0.39 is 10.0 Å². The van der Waals surface area contributed by atoms with E-state index in [1.807, 2.05) is 32.0 Å². The van der Waals surface area contributed by atoms with E-state index in [2.05, 4.69) is 5.32 Å². The fraction of sp³-hybridized carbons (Fsp3) is 0.316. The summed E-state index contributed by atoms with van der Waals surface area (Å²) in [5.41, 5.74) is 3.26. The lowest BCUT2D eigenvalue weighted by Gasteiger charge is -2.21. The molecule has 0 radical (unpaired) electrons. The van der Waals surface area contributed by atoms with Crippen LogP contribution in [0, 0.1) is 13.8 Å². The molecule has 0 heterocycles. The van der Waals surface area contributed by atoms with E-state index in [1.54, 1.807) is 24.3 Å². The smallest absolute Gasteiger partial charge is 0.239 e. The Bertz CT molecular complexity index is 874. The first-order chi connectivity index (χ1) is 12.2. The van der Waals surface area contributed by atoms with E-state index in [4.69, 9.17) is 4.74 Å². The monoisotopic (exact) mass is 376 g/mol. The Morgan fingerprint density at radius 1 is 1.08 bits per heavy atom. The van der Waals surface area contributed by atoms with Gasteiger partial charge in [0.15, 0.2) is 0 Å². The zero-order chi connectivity index (χ0) is 19.3. The molecule has 0 fully saturated rings. The van der Waals surface area contributed by atoms with Crippen molar-refractivity contribution in [2.45, 2.75) is 20.4 Å². The number of benzene rings is 2. The molecule has 0 aliphatic rings. The summed E-state index contributed by atoms with van der Waals surface area (Å²) in [6.45, 7) is 3.57. The molecule has 1 amide bonds. The fourth-order valence-corrected chi connectivity index (χ4v) is 3.39. The summed E-state index contributed by atoms with van der Waals surface area (Å²) in [6.07, 6.45) is 1.09. The molecule has 2 rings (SSSR count). The van der Waals surface area contributed by atoms with Crippen LogP contribution < -0.4 is 10.1 Å². The number of hydrogen-bond donors (Lipinski definition) is 1. The molecule has 7 heteroatoms. The van der Waals surface area contributed by atoms with E-state index in [-0.39, 0.29) is 19.0 Å². The third-order valence-electron chi connectivity index (χ3n) is 4.07. The van der Waals surface area contributed by atoms with Crippen molar-refractivity contribution in [3.63, 3.8) is 0 Å². The number of sulfonamides is 1. The first-order valence-electron chi connectivity index (χ1n) is 8.15. The fourth-order valence-electron chi connectivity index (χ4n) is 2.66. The predicted molar refractivity (Wildman–Crippen MR) is 103 cm³/mol. The van der Waals surface area contributed by atoms with Crippen molar-refractivity contribution in [1.82, 2.24) is 4.31 Å². The van der Waals surface area contributed by atoms with Crippen molar-refractivity contribution < 1.29 is 17.9 Å². The molecule has 140 valence electrons. The van der Waals surface area contributed by atoms with Crippen molar-refractivity contribution in [3.05, 3.63) is 59.2 Å². The Morgan fingerprint density at radius 3 is 2.27 bits per heavy atom. The minimum absolute atomic E-state index is 0.0586. The molecule has 1 N–H and O–H groups in total. The van der Waals surface area contributed by atoms with Crippen molar-refractivity contribution >= 4 is 21.6 Å². The van der Waals surface area contributed by atoms with Crippen molar-refractivity contribution in [1.29, 1.82) is 0 Å². The maximum absolute atomic E-state index is 12.5. The van der Waals surface area contributed by atoms with Gasteiger partial charge in [0.25, 0.3) is 0 Å². The lowest BCUT2D eigenvalue weighted by atomic mass is 10.1. The number of rotatable bonds is 7. The zero-order valence-electron chi connectivity index (χ0n) is 15.4. The van der Waals surface area contributed by atoms with Crippen molar-refractivity contribution in [3.8, 4) is 5.75 Å². The number of nitrogens with zero attached hydrogens (tertiary/aromatic N) is 1.